The van der Waals surface area contributed by atoms with Gasteiger partial charge in [-0.1, -0.05) is 19.2 Å². The number of epoxide rings is 1. The van der Waals surface area contributed by atoms with Crippen LogP contribution >= 0.6 is 0 Å². The van der Waals surface area contributed by atoms with E-state index in [0.717, 1.165) is 24.3 Å². The fraction of sp³-hybridized carbons (Fsp3) is 0.350. The molecule has 3 N–H and O–H groups in total. The number of carboxylic acids is 1. The molecule has 1 aliphatic rings. The van der Waals surface area contributed by atoms with Gasteiger partial charge in [0.25, 0.3) is 0 Å². The van der Waals surface area contributed by atoms with E-state index in [9.17, 15) is 24.0 Å². The summed E-state index contributed by atoms with van der Waals surface area (Å²) < 4.78 is 18.0. The van der Waals surface area contributed by atoms with Crippen molar-refractivity contribution in [1.82, 2.24) is 0 Å². The normalized spacial score (nSPS) is 12.2. The second-order valence-corrected chi connectivity index (χ2v) is 5.16. The molecule has 0 aliphatic carbocycles. The van der Waals surface area contributed by atoms with Crippen molar-refractivity contribution < 1.29 is 110 Å². The van der Waals surface area contributed by atoms with Crippen LogP contribution in [0, 0.1) is 0 Å². The number of aliphatic carboxylic acids is 1. The minimum absolute atomic E-state index is 0. The van der Waals surface area contributed by atoms with E-state index in [1.165, 1.54) is 20.3 Å². The zero-order valence-corrected chi connectivity index (χ0v) is 24.0. The summed E-state index contributed by atoms with van der Waals surface area (Å²) in [6, 6.07) is 0. The molecule has 0 saturated carbocycles. The van der Waals surface area contributed by atoms with Crippen molar-refractivity contribution in [3.05, 3.63) is 49.1 Å². The quantitative estimate of drug-likeness (QED) is 0.115. The first-order valence-electron chi connectivity index (χ1n) is 8.50. The number of esters is 3. The van der Waals surface area contributed by atoms with E-state index in [0.29, 0.717) is 18.8 Å². The van der Waals surface area contributed by atoms with Crippen molar-refractivity contribution in [3.8, 4) is 0 Å². The fourth-order valence-electron chi connectivity index (χ4n) is 0.871. The summed E-state index contributed by atoms with van der Waals surface area (Å²) in [5.41, 5.74) is 4.97. The van der Waals surface area contributed by atoms with Gasteiger partial charge in [-0.05, 0) is 19.9 Å². The van der Waals surface area contributed by atoms with Gasteiger partial charge in [0.05, 0.1) is 20.8 Å². The van der Waals surface area contributed by atoms with Gasteiger partial charge in [0, 0.05) is 23.8 Å². The van der Waals surface area contributed by atoms with Gasteiger partial charge in [-0.3, -0.25) is 4.79 Å². The van der Waals surface area contributed by atoms with Gasteiger partial charge >= 0.3 is 83.0 Å². The minimum Gasteiger partial charge on any atom is -1.00 e. The first-order valence-corrected chi connectivity index (χ1v) is 8.50. The Hall–Kier alpha value is -1.73. The summed E-state index contributed by atoms with van der Waals surface area (Å²) in [5, 5.41) is 7.83. The van der Waals surface area contributed by atoms with Gasteiger partial charge in [-0.2, -0.15) is 0 Å². The van der Waals surface area contributed by atoms with E-state index in [4.69, 9.17) is 14.6 Å². The van der Waals surface area contributed by atoms with Crippen LogP contribution in [0.15, 0.2) is 49.1 Å². The molecule has 1 saturated heterocycles. The van der Waals surface area contributed by atoms with Crippen molar-refractivity contribution in [2.24, 2.45) is 5.73 Å². The number of carbonyl (C=O) groups is 5. The maximum absolute atomic E-state index is 10.7. The van der Waals surface area contributed by atoms with Crippen LogP contribution in [0.1, 0.15) is 16.7 Å². The summed E-state index contributed by atoms with van der Waals surface area (Å²) >= 11 is 0. The summed E-state index contributed by atoms with van der Waals surface area (Å²) in [5.74, 6) is -2.87. The Balaban J connectivity index is -0.0000000597. The summed E-state index contributed by atoms with van der Waals surface area (Å²) in [6.45, 7) is 10.9. The van der Waals surface area contributed by atoms with Gasteiger partial charge in [0.2, 0.25) is 5.91 Å². The summed E-state index contributed by atoms with van der Waals surface area (Å²) in [7, 11) is 2.45. The Kier molecular flexibility index (Phi) is 35.6. The number of nitrogens with two attached hydrogens (primary N) is 1. The number of amides is 1. The second kappa shape index (κ2) is 28.3. The Morgan fingerprint density at radius 2 is 1.48 bits per heavy atom. The fourth-order valence-corrected chi connectivity index (χ4v) is 0.871. The topological polar surface area (TPSA) is 172 Å². The largest absolute Gasteiger partial charge is 1.00 e. The molecular formula is C20H31NNa2O10. The molecule has 11 nitrogen and oxygen atoms in total. The molecule has 1 atom stereocenters. The van der Waals surface area contributed by atoms with E-state index in [2.05, 4.69) is 28.4 Å². The van der Waals surface area contributed by atoms with Gasteiger partial charge in [-0.15, -0.1) is 0 Å². The number of primary amides is 1. The monoisotopic (exact) mass is 491 g/mol. The van der Waals surface area contributed by atoms with Crippen molar-refractivity contribution in [2.75, 3.05) is 27.4 Å². The Bertz CT molecular complexity index is 679. The molecule has 0 radical (unpaired) electrons. The van der Waals surface area contributed by atoms with Gasteiger partial charge in [0.1, 0.15) is 12.7 Å². The molecule has 1 heterocycles. The number of carbonyl (C=O) groups excluding carboxylic acids is 4. The second-order valence-electron chi connectivity index (χ2n) is 5.16. The van der Waals surface area contributed by atoms with Crippen LogP contribution < -0.4 is 64.8 Å². The van der Waals surface area contributed by atoms with Crippen molar-refractivity contribution >= 4 is 29.8 Å². The van der Waals surface area contributed by atoms with Crippen LogP contribution in [0.5, 0.6) is 0 Å². The van der Waals surface area contributed by atoms with E-state index in [1.54, 1.807) is 13.8 Å². The molecule has 0 aromatic rings. The first-order chi connectivity index (χ1) is 14.4. The van der Waals surface area contributed by atoms with E-state index in [-0.39, 0.29) is 74.0 Å². The van der Waals surface area contributed by atoms with E-state index < -0.39 is 23.8 Å². The number of hydrogen-bond acceptors (Lipinski definition) is 9. The zero-order valence-electron chi connectivity index (χ0n) is 22.0. The molecule has 0 spiro atoms. The average Bonchev–Trinajstić information content (AvgIpc) is 3.55. The van der Waals surface area contributed by atoms with Crippen molar-refractivity contribution in [1.29, 1.82) is 0 Å². The Morgan fingerprint density at radius 3 is 1.67 bits per heavy atom. The molecule has 1 fully saturated rings. The first kappa shape index (κ1) is 41.5. The minimum atomic E-state index is -0.891. The zero-order chi connectivity index (χ0) is 24.8. The molecule has 1 rings (SSSR count). The Labute approximate surface area is 240 Å². The Morgan fingerprint density at radius 1 is 1.09 bits per heavy atom. The van der Waals surface area contributed by atoms with Crippen LogP contribution in [0.25, 0.3) is 0 Å². The van der Waals surface area contributed by atoms with Crippen LogP contribution in [-0.4, -0.2) is 68.4 Å². The molecule has 178 valence electrons. The number of ether oxygens (including phenoxy) is 4. The molecule has 1 amide bonds. The van der Waals surface area contributed by atoms with Crippen molar-refractivity contribution in [3.63, 3.8) is 0 Å². The standard InChI is InChI=1S/C7H10O3.C6H8O4.C4H6O2.C3H5NO.2Na.2H/c1-5(2)7(8)10-4-6-3-9-6;1-9-5(7)3-4-6(8)10-2;1-2-3-4(5)6;1-2-3(4)5;;;;/h6H,1,3-4H2,2H3;3-4H,1-2H3;2-3H,1H3,(H,5,6);2H,1H2,(H2,4,5);;;;/q;;;;2*+1;2*-1/b;4-3+;;;;;;. The van der Waals surface area contributed by atoms with Crippen LogP contribution in [0.4, 0.5) is 0 Å². The number of allylic oxidation sites excluding steroid dienone is 1. The maximum atomic E-state index is 10.7. The third-order valence-corrected chi connectivity index (χ3v) is 2.42. The SMILES string of the molecule is C=C(C)C(=O)OCC1CO1.C=CC(N)=O.CC=CC(=O)O.COC(=O)/C=C/C(=O)OC.[H-].[H-].[Na+].[Na+]. The number of methoxy groups -OCH3 is 2. The van der Waals surface area contributed by atoms with E-state index in [1.807, 2.05) is 0 Å². The molecule has 0 bridgehead atoms. The third kappa shape index (κ3) is 41.1. The van der Waals surface area contributed by atoms with Crippen LogP contribution in [0.2, 0.25) is 0 Å². The van der Waals surface area contributed by atoms with Crippen LogP contribution in [0.3, 0.4) is 0 Å². The molecule has 33 heavy (non-hydrogen) atoms. The summed E-state index contributed by atoms with van der Waals surface area (Å²) in [6.07, 6.45) is 5.74. The van der Waals surface area contributed by atoms with Crippen LogP contribution in [-0.2, 0) is 42.9 Å². The predicted molar refractivity (Wildman–Crippen MR) is 113 cm³/mol. The molecular weight excluding hydrogens is 460 g/mol. The number of rotatable bonds is 7. The van der Waals surface area contributed by atoms with Gasteiger partial charge < -0.3 is 32.6 Å². The third-order valence-electron chi connectivity index (χ3n) is 2.42. The van der Waals surface area contributed by atoms with Crippen molar-refractivity contribution in [2.45, 2.75) is 20.0 Å². The van der Waals surface area contributed by atoms with E-state index >= 15 is 0 Å². The molecule has 0 aromatic heterocycles. The predicted octanol–water partition coefficient (Wildman–Crippen LogP) is -5.07. The average molecular weight is 491 g/mol. The molecule has 1 unspecified atom stereocenters. The summed E-state index contributed by atoms with van der Waals surface area (Å²) in [4.78, 5) is 50.3. The molecule has 1 aliphatic heterocycles. The molecule has 0 aromatic carbocycles. The number of hydrogen-bond donors (Lipinski definition) is 2. The molecule has 13 heteroatoms. The van der Waals surface area contributed by atoms with Gasteiger partial charge in [0.15, 0.2) is 0 Å². The maximum Gasteiger partial charge on any atom is 1.00 e. The van der Waals surface area contributed by atoms with Gasteiger partial charge in [-0.25, -0.2) is 19.2 Å². The number of carboxylic acid groups (broad SMARTS) is 1. The smallest absolute Gasteiger partial charge is 1.00 e.